The third-order valence-electron chi connectivity index (χ3n) is 2.58. The van der Waals surface area contributed by atoms with Crippen LogP contribution in [0, 0.1) is 13.8 Å². The zero-order chi connectivity index (χ0) is 12.4. The highest BCUT2D eigenvalue weighted by atomic mass is 16.3. The lowest BCUT2D eigenvalue weighted by Gasteiger charge is -2.08. The van der Waals surface area contributed by atoms with Gasteiger partial charge in [-0.3, -0.25) is 0 Å². The minimum absolute atomic E-state index is 0.547. The second-order valence-corrected chi connectivity index (χ2v) is 4.07. The van der Waals surface area contributed by atoms with Crippen LogP contribution in [0.2, 0.25) is 0 Å². The Bertz CT molecular complexity index is 538. The van der Waals surface area contributed by atoms with Crippen LogP contribution < -0.4 is 0 Å². The van der Waals surface area contributed by atoms with Crippen molar-refractivity contribution in [2.24, 2.45) is 0 Å². The molecule has 4 nitrogen and oxygen atoms in total. The SMILES string of the molecule is Cc1cccc(-c2ncc(C(C)O)c(C)n2)n1. The molecule has 1 N–H and O–H groups in total. The van der Waals surface area contributed by atoms with Crippen LogP contribution >= 0.6 is 0 Å². The second-order valence-electron chi connectivity index (χ2n) is 4.07. The molecule has 1 unspecified atom stereocenters. The van der Waals surface area contributed by atoms with E-state index in [0.29, 0.717) is 5.82 Å². The van der Waals surface area contributed by atoms with Gasteiger partial charge in [-0.25, -0.2) is 15.0 Å². The molecule has 88 valence electrons. The summed E-state index contributed by atoms with van der Waals surface area (Å²) >= 11 is 0. The largest absolute Gasteiger partial charge is 0.389 e. The maximum absolute atomic E-state index is 9.51. The molecule has 2 rings (SSSR count). The van der Waals surface area contributed by atoms with Gasteiger partial charge >= 0.3 is 0 Å². The van der Waals surface area contributed by atoms with Gasteiger partial charge in [0, 0.05) is 23.1 Å². The predicted molar refractivity (Wildman–Crippen MR) is 65.4 cm³/mol. The first kappa shape index (κ1) is 11.7. The number of pyridine rings is 1. The molecule has 0 saturated heterocycles. The molecule has 0 radical (unpaired) electrons. The van der Waals surface area contributed by atoms with E-state index < -0.39 is 6.10 Å². The highest BCUT2D eigenvalue weighted by Gasteiger charge is 2.09. The lowest BCUT2D eigenvalue weighted by Crippen LogP contribution is -2.02. The van der Waals surface area contributed by atoms with Crippen LogP contribution in [0.15, 0.2) is 24.4 Å². The fourth-order valence-corrected chi connectivity index (χ4v) is 1.68. The Balaban J connectivity index is 2.44. The molecule has 2 aromatic rings. The van der Waals surface area contributed by atoms with Crippen LogP contribution in [0.3, 0.4) is 0 Å². The number of rotatable bonds is 2. The van der Waals surface area contributed by atoms with Gasteiger partial charge in [0.25, 0.3) is 0 Å². The Morgan fingerprint density at radius 3 is 2.53 bits per heavy atom. The summed E-state index contributed by atoms with van der Waals surface area (Å²) in [5.41, 5.74) is 3.23. The van der Waals surface area contributed by atoms with Crippen molar-refractivity contribution < 1.29 is 5.11 Å². The standard InChI is InChI=1S/C13H15N3O/c1-8-5-4-6-12(15-8)13-14-7-11(10(3)17)9(2)16-13/h4-7,10,17H,1-3H3. The van der Waals surface area contributed by atoms with Gasteiger partial charge in [0.1, 0.15) is 5.69 Å². The number of aromatic nitrogens is 3. The smallest absolute Gasteiger partial charge is 0.178 e. The maximum atomic E-state index is 9.51. The van der Waals surface area contributed by atoms with E-state index in [9.17, 15) is 5.11 Å². The summed E-state index contributed by atoms with van der Waals surface area (Å²) in [7, 11) is 0. The van der Waals surface area contributed by atoms with E-state index in [1.807, 2.05) is 32.0 Å². The van der Waals surface area contributed by atoms with E-state index in [1.165, 1.54) is 0 Å². The molecule has 4 heteroatoms. The van der Waals surface area contributed by atoms with Crippen LogP contribution in [-0.2, 0) is 0 Å². The van der Waals surface area contributed by atoms with Crippen LogP contribution in [0.4, 0.5) is 0 Å². The van der Waals surface area contributed by atoms with Crippen molar-refractivity contribution in [1.29, 1.82) is 0 Å². The van der Waals surface area contributed by atoms with Gasteiger partial charge in [0.05, 0.1) is 6.10 Å². The zero-order valence-electron chi connectivity index (χ0n) is 10.2. The lowest BCUT2D eigenvalue weighted by molar-refractivity contribution is 0.197. The Morgan fingerprint density at radius 2 is 1.94 bits per heavy atom. The highest BCUT2D eigenvalue weighted by Crippen LogP contribution is 2.18. The third-order valence-corrected chi connectivity index (χ3v) is 2.58. The molecule has 0 bridgehead atoms. The molecule has 2 aromatic heterocycles. The summed E-state index contributed by atoms with van der Waals surface area (Å²) in [6, 6.07) is 5.74. The molecule has 2 heterocycles. The molecule has 0 aliphatic heterocycles. The van der Waals surface area contributed by atoms with Crippen molar-refractivity contribution in [1.82, 2.24) is 15.0 Å². The topological polar surface area (TPSA) is 58.9 Å². The summed E-state index contributed by atoms with van der Waals surface area (Å²) in [6.07, 6.45) is 1.11. The summed E-state index contributed by atoms with van der Waals surface area (Å²) in [5.74, 6) is 0.593. The first-order valence-electron chi connectivity index (χ1n) is 5.53. The Morgan fingerprint density at radius 1 is 1.18 bits per heavy atom. The molecule has 1 atom stereocenters. The molecule has 17 heavy (non-hydrogen) atoms. The molecular formula is C13H15N3O. The minimum atomic E-state index is -0.547. The molecule has 0 amide bonds. The van der Waals surface area contributed by atoms with E-state index in [0.717, 1.165) is 22.6 Å². The number of aliphatic hydroxyl groups is 1. The van der Waals surface area contributed by atoms with E-state index >= 15 is 0 Å². The maximum Gasteiger partial charge on any atom is 0.178 e. The Labute approximate surface area is 100 Å². The summed E-state index contributed by atoms with van der Waals surface area (Å²) in [4.78, 5) is 13.0. The number of aliphatic hydroxyl groups excluding tert-OH is 1. The van der Waals surface area contributed by atoms with Gasteiger partial charge in [-0.15, -0.1) is 0 Å². The number of nitrogens with zero attached hydrogens (tertiary/aromatic N) is 3. The fraction of sp³-hybridized carbons (Fsp3) is 0.308. The molecule has 0 aliphatic rings. The molecule has 0 saturated carbocycles. The first-order chi connectivity index (χ1) is 8.08. The van der Waals surface area contributed by atoms with Gasteiger partial charge in [-0.2, -0.15) is 0 Å². The van der Waals surface area contributed by atoms with Gasteiger partial charge < -0.3 is 5.11 Å². The van der Waals surface area contributed by atoms with Crippen molar-refractivity contribution >= 4 is 0 Å². The van der Waals surface area contributed by atoms with E-state index in [1.54, 1.807) is 13.1 Å². The van der Waals surface area contributed by atoms with E-state index in [-0.39, 0.29) is 0 Å². The normalized spacial score (nSPS) is 12.5. The van der Waals surface area contributed by atoms with Crippen molar-refractivity contribution in [3.8, 4) is 11.5 Å². The average molecular weight is 229 g/mol. The lowest BCUT2D eigenvalue weighted by atomic mass is 10.1. The van der Waals surface area contributed by atoms with Crippen LogP contribution in [0.25, 0.3) is 11.5 Å². The van der Waals surface area contributed by atoms with Crippen molar-refractivity contribution in [2.45, 2.75) is 26.9 Å². The fourth-order valence-electron chi connectivity index (χ4n) is 1.68. The monoisotopic (exact) mass is 229 g/mol. The second kappa shape index (κ2) is 4.59. The number of hydrogen-bond donors (Lipinski definition) is 1. The van der Waals surface area contributed by atoms with Crippen LogP contribution in [-0.4, -0.2) is 20.1 Å². The summed E-state index contributed by atoms with van der Waals surface area (Å²) in [6.45, 7) is 5.50. The quantitative estimate of drug-likeness (QED) is 0.857. The van der Waals surface area contributed by atoms with Crippen LogP contribution in [0.1, 0.15) is 30.0 Å². The average Bonchev–Trinajstić information content (AvgIpc) is 2.28. The van der Waals surface area contributed by atoms with Gasteiger partial charge in [0.2, 0.25) is 0 Å². The zero-order valence-corrected chi connectivity index (χ0v) is 10.2. The molecule has 0 aliphatic carbocycles. The molecule has 0 aromatic carbocycles. The predicted octanol–water partition coefficient (Wildman–Crippen LogP) is 2.21. The number of aryl methyl sites for hydroxylation is 2. The number of hydrogen-bond acceptors (Lipinski definition) is 4. The van der Waals surface area contributed by atoms with Crippen LogP contribution in [0.5, 0.6) is 0 Å². The van der Waals surface area contributed by atoms with Gasteiger partial charge in [-0.05, 0) is 32.9 Å². The summed E-state index contributed by atoms with van der Waals surface area (Å²) < 4.78 is 0. The third kappa shape index (κ3) is 2.47. The molecular weight excluding hydrogens is 214 g/mol. The Kier molecular flexibility index (Phi) is 3.15. The van der Waals surface area contributed by atoms with Crippen molar-refractivity contribution in [3.05, 3.63) is 41.3 Å². The first-order valence-corrected chi connectivity index (χ1v) is 5.53. The molecule has 0 fully saturated rings. The van der Waals surface area contributed by atoms with Crippen molar-refractivity contribution in [2.75, 3.05) is 0 Å². The van der Waals surface area contributed by atoms with Gasteiger partial charge in [-0.1, -0.05) is 6.07 Å². The van der Waals surface area contributed by atoms with E-state index in [2.05, 4.69) is 15.0 Å². The Hall–Kier alpha value is -1.81. The molecule has 0 spiro atoms. The van der Waals surface area contributed by atoms with Crippen molar-refractivity contribution in [3.63, 3.8) is 0 Å². The highest BCUT2D eigenvalue weighted by molar-refractivity contribution is 5.49. The van der Waals surface area contributed by atoms with Gasteiger partial charge in [0.15, 0.2) is 5.82 Å². The summed E-state index contributed by atoms with van der Waals surface area (Å²) in [5, 5.41) is 9.51. The minimum Gasteiger partial charge on any atom is -0.389 e. The van der Waals surface area contributed by atoms with E-state index in [4.69, 9.17) is 0 Å².